The summed E-state index contributed by atoms with van der Waals surface area (Å²) in [5.74, 6) is 0. The van der Waals surface area contributed by atoms with Crippen LogP contribution in [0.5, 0.6) is 0 Å². The van der Waals surface area contributed by atoms with Crippen molar-refractivity contribution < 1.29 is 8.42 Å². The normalized spacial score (nSPS) is 18.1. The van der Waals surface area contributed by atoms with Crippen LogP contribution in [-0.4, -0.2) is 27.5 Å². The molecule has 0 radical (unpaired) electrons. The highest BCUT2D eigenvalue weighted by molar-refractivity contribution is 7.89. The number of anilines is 1. The molecule has 0 atom stereocenters. The fourth-order valence-electron chi connectivity index (χ4n) is 1.96. The van der Waals surface area contributed by atoms with Gasteiger partial charge in [0.25, 0.3) is 0 Å². The van der Waals surface area contributed by atoms with E-state index in [9.17, 15) is 8.42 Å². The van der Waals surface area contributed by atoms with Crippen LogP contribution in [0.15, 0.2) is 29.2 Å². The highest BCUT2D eigenvalue weighted by Crippen LogP contribution is 2.29. The molecule has 1 aromatic rings. The van der Waals surface area contributed by atoms with Crippen molar-refractivity contribution >= 4 is 15.7 Å². The van der Waals surface area contributed by atoms with Crippen LogP contribution in [0.2, 0.25) is 0 Å². The minimum Gasteiger partial charge on any atom is -0.383 e. The van der Waals surface area contributed by atoms with E-state index in [4.69, 9.17) is 5.73 Å². The molecule has 0 aliphatic heterocycles. The number of nitrogens with one attached hydrogen (secondary N) is 2. The molecule has 1 saturated carbocycles. The third kappa shape index (κ3) is 2.82. The van der Waals surface area contributed by atoms with Crippen LogP contribution in [0.4, 0.5) is 5.69 Å². The van der Waals surface area contributed by atoms with Crippen LogP contribution in [-0.2, 0) is 10.0 Å². The lowest BCUT2D eigenvalue weighted by molar-refractivity contribution is 0.265. The predicted octanol–water partition coefficient (Wildman–Crippen LogP) is 0.888. The van der Waals surface area contributed by atoms with Gasteiger partial charge in [0.15, 0.2) is 0 Å². The quantitative estimate of drug-likeness (QED) is 0.741. The van der Waals surface area contributed by atoms with Gasteiger partial charge < -0.3 is 11.1 Å². The smallest absolute Gasteiger partial charge is 0.240 e. The van der Waals surface area contributed by atoms with E-state index in [2.05, 4.69) is 10.0 Å². The Morgan fingerprint density at radius 3 is 2.33 bits per heavy atom. The van der Waals surface area contributed by atoms with E-state index < -0.39 is 10.0 Å². The van der Waals surface area contributed by atoms with E-state index in [-0.39, 0.29) is 10.4 Å². The second-order valence-corrected chi connectivity index (χ2v) is 6.69. The predicted molar refractivity (Wildman–Crippen MR) is 71.9 cm³/mol. The van der Waals surface area contributed by atoms with E-state index in [0.717, 1.165) is 25.1 Å². The van der Waals surface area contributed by atoms with E-state index in [0.29, 0.717) is 0 Å². The van der Waals surface area contributed by atoms with Gasteiger partial charge in [-0.1, -0.05) is 0 Å². The summed E-state index contributed by atoms with van der Waals surface area (Å²) in [5, 5.41) is 3.24. The zero-order chi connectivity index (χ0) is 13.2. The third-order valence-electron chi connectivity index (χ3n) is 3.43. The average Bonchev–Trinajstić information content (AvgIpc) is 2.34. The monoisotopic (exact) mass is 269 g/mol. The molecule has 0 amide bonds. The molecular weight excluding hydrogens is 250 g/mol. The number of rotatable bonds is 5. The lowest BCUT2D eigenvalue weighted by atomic mass is 9.78. The zero-order valence-electron chi connectivity index (χ0n) is 10.4. The summed E-state index contributed by atoms with van der Waals surface area (Å²) in [6.45, 7) is 0.727. The van der Waals surface area contributed by atoms with Crippen LogP contribution >= 0.6 is 0 Å². The first kappa shape index (κ1) is 13.3. The molecule has 1 fully saturated rings. The molecule has 5 nitrogen and oxygen atoms in total. The van der Waals surface area contributed by atoms with Crippen molar-refractivity contribution in [1.29, 1.82) is 0 Å². The second-order valence-electron chi connectivity index (χ2n) is 4.80. The average molecular weight is 269 g/mol. The lowest BCUT2D eigenvalue weighted by Gasteiger charge is -2.38. The van der Waals surface area contributed by atoms with E-state index in [1.165, 1.54) is 13.5 Å². The van der Waals surface area contributed by atoms with Crippen molar-refractivity contribution in [1.82, 2.24) is 4.72 Å². The molecule has 0 aromatic heterocycles. The molecule has 0 bridgehead atoms. The van der Waals surface area contributed by atoms with Gasteiger partial charge >= 0.3 is 0 Å². The maximum absolute atomic E-state index is 11.5. The molecular formula is C12H19N3O2S. The Balaban J connectivity index is 2.00. The fraction of sp³-hybridized carbons (Fsp3) is 0.500. The van der Waals surface area contributed by atoms with Crippen molar-refractivity contribution in [2.24, 2.45) is 5.73 Å². The molecule has 0 saturated heterocycles. The van der Waals surface area contributed by atoms with Gasteiger partial charge in [-0.05, 0) is 50.6 Å². The summed E-state index contributed by atoms with van der Waals surface area (Å²) in [6, 6.07) is 6.68. The van der Waals surface area contributed by atoms with Gasteiger partial charge in [-0.2, -0.15) is 0 Å². The lowest BCUT2D eigenvalue weighted by Crippen LogP contribution is -2.51. The first-order valence-corrected chi connectivity index (χ1v) is 7.50. The summed E-state index contributed by atoms with van der Waals surface area (Å²) in [4.78, 5) is 0.265. The first-order chi connectivity index (χ1) is 8.45. The summed E-state index contributed by atoms with van der Waals surface area (Å²) in [5.41, 5.74) is 6.91. The van der Waals surface area contributed by atoms with E-state index >= 15 is 0 Å². The van der Waals surface area contributed by atoms with Crippen molar-refractivity contribution in [2.75, 3.05) is 18.9 Å². The molecule has 18 heavy (non-hydrogen) atoms. The Hall–Kier alpha value is -1.11. The third-order valence-corrected chi connectivity index (χ3v) is 4.86. The van der Waals surface area contributed by atoms with Crippen molar-refractivity contribution in [2.45, 2.75) is 29.7 Å². The van der Waals surface area contributed by atoms with Gasteiger partial charge in [0.05, 0.1) is 4.90 Å². The maximum Gasteiger partial charge on any atom is 0.240 e. The molecule has 0 spiro atoms. The van der Waals surface area contributed by atoms with Crippen molar-refractivity contribution in [3.05, 3.63) is 24.3 Å². The van der Waals surface area contributed by atoms with Crippen LogP contribution in [0.3, 0.4) is 0 Å². The number of nitrogens with two attached hydrogens (primary N) is 1. The van der Waals surface area contributed by atoms with Gasteiger partial charge in [-0.25, -0.2) is 13.1 Å². The fourth-order valence-corrected chi connectivity index (χ4v) is 2.69. The number of benzene rings is 1. The molecule has 2 rings (SSSR count). The zero-order valence-corrected chi connectivity index (χ0v) is 11.3. The topological polar surface area (TPSA) is 84.2 Å². The van der Waals surface area contributed by atoms with E-state index in [1.807, 2.05) is 0 Å². The van der Waals surface area contributed by atoms with Crippen LogP contribution in [0.25, 0.3) is 0 Å². The number of sulfonamides is 1. The molecule has 0 unspecified atom stereocenters. The van der Waals surface area contributed by atoms with Crippen LogP contribution in [0.1, 0.15) is 19.3 Å². The molecule has 100 valence electrons. The molecule has 1 aromatic carbocycles. The van der Waals surface area contributed by atoms with E-state index in [1.54, 1.807) is 24.3 Å². The largest absolute Gasteiger partial charge is 0.383 e. The van der Waals surface area contributed by atoms with Gasteiger partial charge in [-0.3, -0.25) is 0 Å². The van der Waals surface area contributed by atoms with Gasteiger partial charge in [-0.15, -0.1) is 0 Å². The number of hydrogen-bond donors (Lipinski definition) is 3. The van der Waals surface area contributed by atoms with Crippen molar-refractivity contribution in [3.8, 4) is 0 Å². The van der Waals surface area contributed by atoms with Crippen LogP contribution in [0, 0.1) is 0 Å². The summed E-state index contributed by atoms with van der Waals surface area (Å²) in [6.07, 6.45) is 3.29. The standard InChI is InChI=1S/C12H19N3O2S/c1-14-18(16,17)11-5-3-10(4-6-11)15-9-12(13)7-2-8-12/h3-6,14-15H,2,7-9,13H2,1H3. The number of hydrogen-bond acceptors (Lipinski definition) is 4. The second kappa shape index (κ2) is 4.87. The Bertz CT molecular complexity index is 507. The Kier molecular flexibility index (Phi) is 3.61. The van der Waals surface area contributed by atoms with Crippen molar-refractivity contribution in [3.63, 3.8) is 0 Å². The van der Waals surface area contributed by atoms with Crippen LogP contribution < -0.4 is 15.8 Å². The summed E-state index contributed by atoms with van der Waals surface area (Å²) >= 11 is 0. The van der Waals surface area contributed by atoms with Gasteiger partial charge in [0.2, 0.25) is 10.0 Å². The maximum atomic E-state index is 11.5. The SMILES string of the molecule is CNS(=O)(=O)c1ccc(NCC2(N)CCC2)cc1. The molecule has 1 aliphatic carbocycles. The molecule has 0 heterocycles. The summed E-state index contributed by atoms with van der Waals surface area (Å²) < 4.78 is 25.3. The van der Waals surface area contributed by atoms with Gasteiger partial charge in [0.1, 0.15) is 0 Å². The Labute approximate surface area is 108 Å². The first-order valence-electron chi connectivity index (χ1n) is 6.02. The Morgan fingerprint density at radius 2 is 1.89 bits per heavy atom. The highest BCUT2D eigenvalue weighted by Gasteiger charge is 2.31. The van der Waals surface area contributed by atoms with Gasteiger partial charge in [0, 0.05) is 17.8 Å². The highest BCUT2D eigenvalue weighted by atomic mass is 32.2. The molecule has 1 aliphatic rings. The Morgan fingerprint density at radius 1 is 1.28 bits per heavy atom. The molecule has 6 heteroatoms. The molecule has 4 N–H and O–H groups in total. The summed E-state index contributed by atoms with van der Waals surface area (Å²) in [7, 11) is -1.96. The minimum absolute atomic E-state index is 0.0876. The minimum atomic E-state index is -3.35.